The van der Waals surface area contributed by atoms with Crippen molar-refractivity contribution in [2.75, 3.05) is 18.4 Å². The molecule has 26 heavy (non-hydrogen) atoms. The minimum atomic E-state index is -0.218. The van der Waals surface area contributed by atoms with E-state index in [4.69, 9.17) is 4.74 Å². The Bertz CT molecular complexity index is 713. The Labute approximate surface area is 154 Å². The number of benzene rings is 1. The van der Waals surface area contributed by atoms with Gasteiger partial charge in [-0.25, -0.2) is 4.79 Å². The van der Waals surface area contributed by atoms with Crippen LogP contribution in [0.4, 0.5) is 10.5 Å². The van der Waals surface area contributed by atoms with E-state index in [0.717, 1.165) is 36.4 Å². The Morgan fingerprint density at radius 2 is 1.96 bits per heavy atom. The summed E-state index contributed by atoms with van der Waals surface area (Å²) in [6.45, 7) is 7.21. The maximum atomic E-state index is 12.3. The van der Waals surface area contributed by atoms with Crippen molar-refractivity contribution in [1.82, 2.24) is 15.2 Å². The van der Waals surface area contributed by atoms with Crippen LogP contribution in [0.5, 0.6) is 0 Å². The number of carbonyl (C=O) groups excluding carboxylic acids is 1. The molecule has 1 aromatic heterocycles. The van der Waals surface area contributed by atoms with Crippen molar-refractivity contribution < 1.29 is 9.53 Å². The Morgan fingerprint density at radius 1 is 1.19 bits per heavy atom. The van der Waals surface area contributed by atoms with Crippen LogP contribution < -0.4 is 10.6 Å². The number of ether oxygens (including phenoxy) is 1. The molecule has 6 nitrogen and oxygen atoms in total. The third-order valence-electron chi connectivity index (χ3n) is 4.33. The lowest BCUT2D eigenvalue weighted by atomic mass is 10.1. The highest BCUT2D eigenvalue weighted by molar-refractivity contribution is 5.90. The summed E-state index contributed by atoms with van der Waals surface area (Å²) < 4.78 is 5.80. The Balaban J connectivity index is 1.59. The molecule has 2 aromatic rings. The van der Waals surface area contributed by atoms with Crippen molar-refractivity contribution in [2.45, 2.75) is 39.1 Å². The summed E-state index contributed by atoms with van der Waals surface area (Å²) in [4.78, 5) is 18.7. The van der Waals surface area contributed by atoms with Crippen LogP contribution in [0.1, 0.15) is 25.0 Å². The number of aromatic nitrogens is 1. The summed E-state index contributed by atoms with van der Waals surface area (Å²) in [5.74, 6) is 0. The van der Waals surface area contributed by atoms with Crippen LogP contribution in [0.3, 0.4) is 0 Å². The van der Waals surface area contributed by atoms with Gasteiger partial charge in [0.25, 0.3) is 0 Å². The van der Waals surface area contributed by atoms with Gasteiger partial charge in [0.1, 0.15) is 0 Å². The van der Waals surface area contributed by atoms with Crippen molar-refractivity contribution in [1.29, 1.82) is 0 Å². The second-order valence-electron chi connectivity index (χ2n) is 6.78. The Morgan fingerprint density at radius 3 is 2.69 bits per heavy atom. The zero-order valence-electron chi connectivity index (χ0n) is 15.3. The van der Waals surface area contributed by atoms with Crippen molar-refractivity contribution >= 4 is 11.7 Å². The number of amides is 2. The number of hydrogen-bond donors (Lipinski definition) is 2. The molecular weight excluding hydrogens is 328 g/mol. The summed E-state index contributed by atoms with van der Waals surface area (Å²) >= 11 is 0. The van der Waals surface area contributed by atoms with Gasteiger partial charge in [0.2, 0.25) is 0 Å². The van der Waals surface area contributed by atoms with E-state index >= 15 is 0 Å². The monoisotopic (exact) mass is 354 g/mol. The number of pyridine rings is 1. The lowest BCUT2D eigenvalue weighted by Gasteiger charge is -2.35. The average molecular weight is 354 g/mol. The highest BCUT2D eigenvalue weighted by Gasteiger charge is 2.22. The number of para-hydroxylation sites is 1. The third-order valence-corrected chi connectivity index (χ3v) is 4.33. The predicted molar refractivity (Wildman–Crippen MR) is 102 cm³/mol. The van der Waals surface area contributed by atoms with Crippen LogP contribution in [-0.4, -0.2) is 41.2 Å². The first-order chi connectivity index (χ1) is 12.6. The topological polar surface area (TPSA) is 66.5 Å². The molecule has 1 saturated heterocycles. The van der Waals surface area contributed by atoms with Crippen LogP contribution in [0.2, 0.25) is 0 Å². The zero-order chi connectivity index (χ0) is 18.4. The summed E-state index contributed by atoms with van der Waals surface area (Å²) in [5, 5.41) is 5.83. The molecule has 2 N–H and O–H groups in total. The van der Waals surface area contributed by atoms with E-state index in [1.807, 2.05) is 30.3 Å². The number of urea groups is 1. The van der Waals surface area contributed by atoms with E-state index < -0.39 is 0 Å². The van der Waals surface area contributed by atoms with E-state index in [1.54, 1.807) is 12.4 Å². The lowest BCUT2D eigenvalue weighted by Crippen LogP contribution is -2.44. The molecule has 0 saturated carbocycles. The lowest BCUT2D eigenvalue weighted by molar-refractivity contribution is -0.0704. The number of carbonyl (C=O) groups is 1. The van der Waals surface area contributed by atoms with Gasteiger partial charge in [-0.3, -0.25) is 9.88 Å². The molecule has 138 valence electrons. The highest BCUT2D eigenvalue weighted by atomic mass is 16.5. The molecule has 1 aliphatic rings. The van der Waals surface area contributed by atoms with Gasteiger partial charge >= 0.3 is 6.03 Å². The molecular formula is C20H26N4O2. The van der Waals surface area contributed by atoms with Crippen molar-refractivity contribution in [3.8, 4) is 0 Å². The van der Waals surface area contributed by atoms with E-state index in [-0.39, 0.29) is 18.2 Å². The first kappa shape index (κ1) is 18.4. The van der Waals surface area contributed by atoms with E-state index in [2.05, 4.69) is 40.4 Å². The predicted octanol–water partition coefficient (Wildman–Crippen LogP) is 3.01. The van der Waals surface area contributed by atoms with Crippen LogP contribution in [0.15, 0.2) is 48.8 Å². The second-order valence-corrected chi connectivity index (χ2v) is 6.78. The summed E-state index contributed by atoms with van der Waals surface area (Å²) in [6, 6.07) is 11.5. The molecule has 1 fully saturated rings. The quantitative estimate of drug-likeness (QED) is 0.866. The number of morpholine rings is 1. The first-order valence-corrected chi connectivity index (χ1v) is 8.99. The van der Waals surface area contributed by atoms with Gasteiger partial charge in [-0.05, 0) is 37.1 Å². The van der Waals surface area contributed by atoms with Gasteiger partial charge in [-0.2, -0.15) is 0 Å². The Kier molecular flexibility index (Phi) is 6.20. The molecule has 1 aliphatic heterocycles. The minimum Gasteiger partial charge on any atom is -0.373 e. The fourth-order valence-corrected chi connectivity index (χ4v) is 3.29. The van der Waals surface area contributed by atoms with Crippen molar-refractivity contribution in [2.24, 2.45) is 0 Å². The second kappa shape index (κ2) is 8.78. The molecule has 2 atom stereocenters. The number of nitrogens with zero attached hydrogens (tertiary/aromatic N) is 2. The first-order valence-electron chi connectivity index (χ1n) is 8.99. The molecule has 2 amide bonds. The Hall–Kier alpha value is -2.44. The molecule has 0 bridgehead atoms. The number of hydrogen-bond acceptors (Lipinski definition) is 4. The fourth-order valence-electron chi connectivity index (χ4n) is 3.29. The van der Waals surface area contributed by atoms with Crippen LogP contribution in [-0.2, 0) is 17.8 Å². The van der Waals surface area contributed by atoms with Gasteiger partial charge in [-0.1, -0.05) is 24.3 Å². The minimum absolute atomic E-state index is 0.218. The van der Waals surface area contributed by atoms with Crippen LogP contribution >= 0.6 is 0 Å². The molecule has 3 rings (SSSR count). The van der Waals surface area contributed by atoms with Gasteiger partial charge < -0.3 is 15.4 Å². The van der Waals surface area contributed by atoms with E-state index in [0.29, 0.717) is 6.54 Å². The summed E-state index contributed by atoms with van der Waals surface area (Å²) in [5.41, 5.74) is 2.90. The normalized spacial score (nSPS) is 20.5. The third kappa shape index (κ3) is 5.28. The van der Waals surface area contributed by atoms with Crippen LogP contribution in [0.25, 0.3) is 0 Å². The van der Waals surface area contributed by atoms with E-state index in [9.17, 15) is 4.79 Å². The van der Waals surface area contributed by atoms with Gasteiger partial charge in [0, 0.05) is 44.3 Å². The van der Waals surface area contributed by atoms with Gasteiger partial charge in [0.05, 0.1) is 12.2 Å². The number of nitrogens with one attached hydrogen (secondary N) is 2. The number of rotatable bonds is 5. The smallest absolute Gasteiger partial charge is 0.319 e. The standard InChI is InChI=1S/C20H26N4O2/c1-15-12-24(13-16(2)26-15)14-18-7-3-4-8-19(18)23-20(25)22-11-17-6-5-9-21-10-17/h3-10,15-16H,11-14H2,1-2H3,(H2,22,23,25). The maximum Gasteiger partial charge on any atom is 0.319 e. The largest absolute Gasteiger partial charge is 0.373 e. The van der Waals surface area contributed by atoms with Gasteiger partial charge in [-0.15, -0.1) is 0 Å². The number of anilines is 1. The SMILES string of the molecule is CC1CN(Cc2ccccc2NC(=O)NCc2cccnc2)CC(C)O1. The molecule has 2 heterocycles. The van der Waals surface area contributed by atoms with E-state index in [1.165, 1.54) is 0 Å². The van der Waals surface area contributed by atoms with Gasteiger partial charge in [0.15, 0.2) is 0 Å². The molecule has 1 aromatic carbocycles. The molecule has 2 unspecified atom stereocenters. The average Bonchev–Trinajstić information content (AvgIpc) is 2.62. The molecule has 0 aliphatic carbocycles. The van der Waals surface area contributed by atoms with Crippen molar-refractivity contribution in [3.63, 3.8) is 0 Å². The fraction of sp³-hybridized carbons (Fsp3) is 0.400. The van der Waals surface area contributed by atoms with Crippen molar-refractivity contribution in [3.05, 3.63) is 59.9 Å². The zero-order valence-corrected chi connectivity index (χ0v) is 15.3. The summed E-state index contributed by atoms with van der Waals surface area (Å²) in [7, 11) is 0. The maximum absolute atomic E-state index is 12.3. The highest BCUT2D eigenvalue weighted by Crippen LogP contribution is 2.20. The summed E-state index contributed by atoms with van der Waals surface area (Å²) in [6.07, 6.45) is 3.91. The molecule has 6 heteroatoms. The molecule has 0 spiro atoms. The molecule has 0 radical (unpaired) electrons. The van der Waals surface area contributed by atoms with Crippen LogP contribution in [0, 0.1) is 0 Å².